The van der Waals surface area contributed by atoms with Crippen molar-refractivity contribution in [3.63, 3.8) is 0 Å². The van der Waals surface area contributed by atoms with Crippen LogP contribution in [0.25, 0.3) is 22.2 Å². The van der Waals surface area contributed by atoms with E-state index in [9.17, 15) is 0 Å². The average Bonchev–Trinajstić information content (AvgIpc) is 3.12. The molecular weight excluding hydrogens is 429 g/mol. The molecule has 3 saturated heterocycles. The van der Waals surface area contributed by atoms with Gasteiger partial charge in [-0.15, -0.1) is 37.2 Å². The van der Waals surface area contributed by atoms with Crippen LogP contribution >= 0.6 is 37.2 Å². The number of nitrogens with zero attached hydrogens (tertiary/aromatic N) is 2. The summed E-state index contributed by atoms with van der Waals surface area (Å²) in [7, 11) is 0. The smallest absolute Gasteiger partial charge is 0.138 e. The lowest BCUT2D eigenvalue weighted by atomic mass is 9.66. The van der Waals surface area contributed by atoms with Crippen LogP contribution in [0.5, 0.6) is 5.75 Å². The highest BCUT2D eigenvalue weighted by Gasteiger charge is 2.48. The number of nitrogens with one attached hydrogen (secondary N) is 1. The molecule has 5 heterocycles. The van der Waals surface area contributed by atoms with Crippen LogP contribution in [0.3, 0.4) is 0 Å². The summed E-state index contributed by atoms with van der Waals surface area (Å²) in [4.78, 5) is 10.6. The van der Waals surface area contributed by atoms with Gasteiger partial charge in [-0.2, -0.15) is 0 Å². The fourth-order valence-electron chi connectivity index (χ4n) is 5.54. The van der Waals surface area contributed by atoms with Crippen LogP contribution in [0.2, 0.25) is 0 Å². The number of rotatable bonds is 3. The molecule has 4 fully saturated rings. The van der Waals surface area contributed by atoms with Crippen LogP contribution in [0.15, 0.2) is 48.8 Å². The zero-order valence-electron chi connectivity index (χ0n) is 16.0. The van der Waals surface area contributed by atoms with Gasteiger partial charge < -0.3 is 14.6 Å². The van der Waals surface area contributed by atoms with Gasteiger partial charge in [-0.3, -0.25) is 4.98 Å². The van der Waals surface area contributed by atoms with Gasteiger partial charge in [-0.1, -0.05) is 12.1 Å². The Bertz CT molecular complexity index is 931. The Kier molecular flexibility index (Phi) is 6.69. The first-order valence-electron chi connectivity index (χ1n) is 9.74. The maximum absolute atomic E-state index is 6.44. The monoisotopic (exact) mass is 453 g/mol. The average molecular weight is 455 g/mol. The molecule has 1 aliphatic carbocycles. The van der Waals surface area contributed by atoms with E-state index in [0.29, 0.717) is 17.9 Å². The van der Waals surface area contributed by atoms with E-state index in [4.69, 9.17) is 4.74 Å². The molecule has 0 unspecified atom stereocenters. The van der Waals surface area contributed by atoms with E-state index < -0.39 is 0 Å². The molecule has 7 rings (SSSR count). The van der Waals surface area contributed by atoms with Gasteiger partial charge in [0, 0.05) is 48.7 Å². The van der Waals surface area contributed by atoms with Crippen molar-refractivity contribution in [3.05, 3.63) is 48.8 Å². The lowest BCUT2D eigenvalue weighted by Crippen LogP contribution is -2.61. The van der Waals surface area contributed by atoms with Gasteiger partial charge in [-0.25, -0.2) is 0 Å². The third-order valence-electron chi connectivity index (χ3n) is 6.56. The molecule has 1 aromatic carbocycles. The first-order valence-corrected chi connectivity index (χ1v) is 9.74. The van der Waals surface area contributed by atoms with Gasteiger partial charge >= 0.3 is 0 Å². The first kappa shape index (κ1) is 22.2. The Morgan fingerprint density at radius 2 is 1.72 bits per heavy atom. The van der Waals surface area contributed by atoms with Gasteiger partial charge in [0.05, 0.1) is 11.9 Å². The number of piperidine rings is 3. The van der Waals surface area contributed by atoms with Crippen molar-refractivity contribution >= 4 is 48.1 Å². The lowest BCUT2D eigenvalue weighted by Gasteiger charge is -2.55. The number of ether oxygens (including phenoxy) is 1. The van der Waals surface area contributed by atoms with E-state index in [1.807, 2.05) is 12.4 Å². The van der Waals surface area contributed by atoms with Gasteiger partial charge in [0.25, 0.3) is 0 Å². The highest BCUT2D eigenvalue weighted by atomic mass is 35.5. The molecule has 0 spiro atoms. The van der Waals surface area contributed by atoms with Crippen molar-refractivity contribution in [2.24, 2.45) is 17.8 Å². The molecule has 156 valence electrons. The maximum Gasteiger partial charge on any atom is 0.138 e. The van der Waals surface area contributed by atoms with Crippen molar-refractivity contribution in [2.45, 2.75) is 18.9 Å². The molecule has 29 heavy (non-hydrogen) atoms. The topological polar surface area (TPSA) is 41.1 Å². The predicted octanol–water partition coefficient (Wildman–Crippen LogP) is 5.21. The summed E-state index contributed by atoms with van der Waals surface area (Å²) in [5.41, 5.74) is 3.27. The summed E-state index contributed by atoms with van der Waals surface area (Å²) in [5.74, 6) is 3.24. The fraction of sp³-hybridized carbons (Fsp3) is 0.409. The summed E-state index contributed by atoms with van der Waals surface area (Å²) in [5, 5.41) is 1.23. The molecule has 1 N–H and O–H groups in total. The zero-order valence-corrected chi connectivity index (χ0v) is 18.4. The molecule has 2 aromatic heterocycles. The Labute approximate surface area is 189 Å². The number of pyridine rings is 1. The molecule has 2 atom stereocenters. The Morgan fingerprint density at radius 3 is 2.41 bits per heavy atom. The van der Waals surface area contributed by atoms with Crippen molar-refractivity contribution in [1.29, 1.82) is 0 Å². The number of hydrogen-bond donors (Lipinski definition) is 1. The summed E-state index contributed by atoms with van der Waals surface area (Å²) in [6.07, 6.45) is 6.95. The molecule has 0 amide bonds. The molecule has 1 saturated carbocycles. The third-order valence-corrected chi connectivity index (χ3v) is 6.56. The fourth-order valence-corrected chi connectivity index (χ4v) is 5.54. The van der Waals surface area contributed by atoms with E-state index in [-0.39, 0.29) is 37.2 Å². The number of hydrogen-bond acceptors (Lipinski definition) is 3. The van der Waals surface area contributed by atoms with Crippen LogP contribution in [0.4, 0.5) is 0 Å². The van der Waals surface area contributed by atoms with E-state index in [0.717, 1.165) is 28.4 Å². The van der Waals surface area contributed by atoms with E-state index in [2.05, 4.69) is 51.3 Å². The third kappa shape index (κ3) is 3.96. The molecule has 4 nitrogen and oxygen atoms in total. The van der Waals surface area contributed by atoms with Crippen molar-refractivity contribution < 1.29 is 4.74 Å². The highest BCUT2D eigenvalue weighted by molar-refractivity contribution is 5.86. The van der Waals surface area contributed by atoms with Crippen LogP contribution in [0, 0.1) is 17.8 Å². The summed E-state index contributed by atoms with van der Waals surface area (Å²) in [6.45, 7) is 3.76. The predicted molar refractivity (Wildman–Crippen MR) is 124 cm³/mol. The zero-order chi connectivity index (χ0) is 17.1. The minimum Gasteiger partial charge on any atom is -0.488 e. The number of fused-ring (bicyclic) bond motifs is 1. The van der Waals surface area contributed by atoms with Crippen molar-refractivity contribution in [1.82, 2.24) is 14.9 Å². The van der Waals surface area contributed by atoms with Crippen LogP contribution in [0.1, 0.15) is 12.8 Å². The normalized spacial score (nSPS) is 28.9. The highest BCUT2D eigenvalue weighted by Crippen LogP contribution is 2.44. The number of aromatic amines is 1. The van der Waals surface area contributed by atoms with Crippen LogP contribution in [-0.2, 0) is 0 Å². The molecule has 4 bridgehead atoms. The summed E-state index contributed by atoms with van der Waals surface area (Å²) in [6, 6.07) is 12.7. The quantitative estimate of drug-likeness (QED) is 0.590. The summed E-state index contributed by atoms with van der Waals surface area (Å²) >= 11 is 0. The molecular formula is C22H26Cl3N3O. The van der Waals surface area contributed by atoms with Gasteiger partial charge in [-0.05, 0) is 48.4 Å². The lowest BCUT2D eigenvalue weighted by molar-refractivity contribution is -0.0985. The summed E-state index contributed by atoms with van der Waals surface area (Å²) < 4.78 is 6.44. The molecule has 4 aliphatic rings. The van der Waals surface area contributed by atoms with E-state index in [1.54, 1.807) is 0 Å². The second-order valence-corrected chi connectivity index (χ2v) is 8.32. The maximum atomic E-state index is 6.44. The SMILES string of the molecule is Cl.Cl.Cl.c1cc2ccc(-c3ccc(OC4[C@H]5CC6C[C@H]4CN(C6)C5)cn3)cc2[nH]1. The number of H-pyrrole nitrogens is 1. The minimum atomic E-state index is 0. The second-order valence-electron chi connectivity index (χ2n) is 8.32. The van der Waals surface area contributed by atoms with Crippen LogP contribution in [-0.4, -0.2) is 40.6 Å². The Morgan fingerprint density at radius 1 is 0.931 bits per heavy atom. The molecule has 7 heteroatoms. The van der Waals surface area contributed by atoms with Gasteiger partial charge in [0.1, 0.15) is 11.9 Å². The Hall–Kier alpha value is -1.46. The Balaban J connectivity index is 0.000000801. The number of benzene rings is 1. The molecule has 3 aliphatic heterocycles. The van der Waals surface area contributed by atoms with Gasteiger partial charge in [0.15, 0.2) is 0 Å². The largest absolute Gasteiger partial charge is 0.488 e. The van der Waals surface area contributed by atoms with Crippen molar-refractivity contribution in [2.75, 3.05) is 19.6 Å². The van der Waals surface area contributed by atoms with E-state index >= 15 is 0 Å². The number of halogens is 3. The number of aromatic nitrogens is 2. The standard InChI is InChI=1S/C22H23N3O.3ClH/c1-2-16(9-21-15(1)5-6-23-21)20-4-3-19(10-24-20)26-22-17-7-14-8-18(22)13-25(11-14)12-17;;;/h1-6,9-10,14,17-18,22-23H,7-8,11-13H2;3*1H/t14?,17-,18-,22?;;;/m0.../s1. The van der Waals surface area contributed by atoms with Crippen LogP contribution < -0.4 is 4.74 Å². The minimum absolute atomic E-state index is 0. The van der Waals surface area contributed by atoms with Gasteiger partial charge in [0.2, 0.25) is 0 Å². The molecule has 0 radical (unpaired) electrons. The van der Waals surface area contributed by atoms with E-state index in [1.165, 1.54) is 37.9 Å². The second kappa shape index (κ2) is 8.73. The molecule has 3 aromatic rings. The van der Waals surface area contributed by atoms with Crippen molar-refractivity contribution in [3.8, 4) is 17.0 Å². The first-order chi connectivity index (χ1) is 12.8.